The van der Waals surface area contributed by atoms with Gasteiger partial charge in [0.05, 0.1) is 17.7 Å². The van der Waals surface area contributed by atoms with E-state index in [2.05, 4.69) is 12.2 Å². The molecular weight excluding hydrogens is 341 g/mol. The Labute approximate surface area is 150 Å². The van der Waals surface area contributed by atoms with Gasteiger partial charge in [-0.25, -0.2) is 9.18 Å². The number of thiophene rings is 1. The number of halogens is 1. The van der Waals surface area contributed by atoms with Crippen LogP contribution in [0.5, 0.6) is 0 Å². The van der Waals surface area contributed by atoms with E-state index in [4.69, 9.17) is 4.74 Å². The smallest absolute Gasteiger partial charge is 0.341 e. The minimum atomic E-state index is -0.590. The van der Waals surface area contributed by atoms with Gasteiger partial charge < -0.3 is 10.1 Å². The molecule has 1 N–H and O–H groups in total. The van der Waals surface area contributed by atoms with Crippen molar-refractivity contribution in [3.8, 4) is 0 Å². The van der Waals surface area contributed by atoms with Crippen LogP contribution in [0, 0.1) is 11.7 Å². The van der Waals surface area contributed by atoms with Crippen molar-refractivity contribution < 1.29 is 18.7 Å². The summed E-state index contributed by atoms with van der Waals surface area (Å²) in [5, 5.41) is 3.17. The lowest BCUT2D eigenvalue weighted by molar-refractivity contribution is 0.0526. The normalized spacial score (nSPS) is 16.2. The fourth-order valence-electron chi connectivity index (χ4n) is 3.07. The molecule has 0 bridgehead atoms. The lowest BCUT2D eigenvalue weighted by Crippen LogP contribution is -2.17. The summed E-state index contributed by atoms with van der Waals surface area (Å²) in [6.07, 6.45) is 2.66. The third-order valence-electron chi connectivity index (χ3n) is 4.34. The number of benzene rings is 1. The minimum absolute atomic E-state index is 0.0444. The Hall–Kier alpha value is -2.21. The Bertz CT molecular complexity index is 815. The van der Waals surface area contributed by atoms with Crippen molar-refractivity contribution >= 4 is 28.2 Å². The molecule has 0 fully saturated rings. The van der Waals surface area contributed by atoms with Gasteiger partial charge in [0.1, 0.15) is 10.8 Å². The summed E-state index contributed by atoms with van der Waals surface area (Å²) in [6.45, 7) is 4.18. The second kappa shape index (κ2) is 7.35. The molecule has 1 aromatic carbocycles. The number of carbonyl (C=O) groups excluding carboxylic acids is 2. The quantitative estimate of drug-likeness (QED) is 0.819. The Balaban J connectivity index is 1.96. The zero-order valence-electron chi connectivity index (χ0n) is 14.2. The molecule has 1 amide bonds. The van der Waals surface area contributed by atoms with E-state index in [1.54, 1.807) is 13.0 Å². The molecule has 132 valence electrons. The Morgan fingerprint density at radius 3 is 2.84 bits per heavy atom. The first-order chi connectivity index (χ1) is 12.0. The third-order valence-corrected chi connectivity index (χ3v) is 5.51. The monoisotopic (exact) mass is 361 g/mol. The molecule has 2 aromatic rings. The van der Waals surface area contributed by atoms with Gasteiger partial charge in [-0.2, -0.15) is 0 Å². The van der Waals surface area contributed by atoms with Crippen LogP contribution >= 0.6 is 11.3 Å². The van der Waals surface area contributed by atoms with Crippen molar-refractivity contribution in [2.75, 3.05) is 11.9 Å². The number of hydrogen-bond acceptors (Lipinski definition) is 4. The van der Waals surface area contributed by atoms with Crippen LogP contribution < -0.4 is 5.32 Å². The van der Waals surface area contributed by atoms with E-state index in [0.717, 1.165) is 29.7 Å². The van der Waals surface area contributed by atoms with Crippen LogP contribution in [0.3, 0.4) is 0 Å². The van der Waals surface area contributed by atoms with Crippen LogP contribution in [0.1, 0.15) is 51.4 Å². The first-order valence-electron chi connectivity index (χ1n) is 8.38. The Kier molecular flexibility index (Phi) is 5.18. The van der Waals surface area contributed by atoms with Gasteiger partial charge in [-0.15, -0.1) is 11.3 Å². The molecule has 0 unspecified atom stereocenters. The molecule has 1 aromatic heterocycles. The maximum absolute atomic E-state index is 13.9. The molecular formula is C19H20FNO3S. The van der Waals surface area contributed by atoms with E-state index < -0.39 is 17.7 Å². The summed E-state index contributed by atoms with van der Waals surface area (Å²) in [5.74, 6) is -1.04. The number of amides is 1. The highest BCUT2D eigenvalue weighted by Crippen LogP contribution is 2.40. The molecule has 1 atom stereocenters. The summed E-state index contributed by atoms with van der Waals surface area (Å²) in [5.41, 5.74) is 1.35. The van der Waals surface area contributed by atoms with Gasteiger partial charge in [-0.05, 0) is 49.8 Å². The highest BCUT2D eigenvalue weighted by Gasteiger charge is 2.29. The van der Waals surface area contributed by atoms with Crippen LogP contribution in [0.2, 0.25) is 0 Å². The highest BCUT2D eigenvalue weighted by atomic mass is 32.1. The average molecular weight is 361 g/mol. The number of carbonyl (C=O) groups is 2. The summed E-state index contributed by atoms with van der Waals surface area (Å²) >= 11 is 1.39. The maximum Gasteiger partial charge on any atom is 0.341 e. The highest BCUT2D eigenvalue weighted by molar-refractivity contribution is 7.17. The van der Waals surface area contributed by atoms with Crippen LogP contribution in [-0.4, -0.2) is 18.5 Å². The summed E-state index contributed by atoms with van der Waals surface area (Å²) in [7, 11) is 0. The molecule has 0 radical (unpaired) electrons. The van der Waals surface area contributed by atoms with Gasteiger partial charge >= 0.3 is 5.97 Å². The molecule has 1 aliphatic carbocycles. The number of anilines is 1. The second-order valence-electron chi connectivity index (χ2n) is 6.21. The molecule has 0 aliphatic heterocycles. The molecule has 3 rings (SSSR count). The van der Waals surface area contributed by atoms with Crippen LogP contribution in [-0.2, 0) is 17.6 Å². The molecule has 0 saturated heterocycles. The molecule has 0 saturated carbocycles. The second-order valence-corrected chi connectivity index (χ2v) is 7.32. The molecule has 0 spiro atoms. The van der Waals surface area contributed by atoms with Crippen molar-refractivity contribution in [1.29, 1.82) is 0 Å². The maximum atomic E-state index is 13.9. The van der Waals surface area contributed by atoms with Gasteiger partial charge in [0.25, 0.3) is 5.91 Å². The van der Waals surface area contributed by atoms with Gasteiger partial charge in [0.15, 0.2) is 0 Å². The number of nitrogens with one attached hydrogen (secondary N) is 1. The topological polar surface area (TPSA) is 55.4 Å². The van der Waals surface area contributed by atoms with Gasteiger partial charge in [-0.1, -0.05) is 19.1 Å². The summed E-state index contributed by atoms with van der Waals surface area (Å²) < 4.78 is 19.0. The van der Waals surface area contributed by atoms with E-state index in [9.17, 15) is 14.0 Å². The number of ether oxygens (including phenoxy) is 1. The van der Waals surface area contributed by atoms with Crippen LogP contribution in [0.15, 0.2) is 24.3 Å². The standard InChI is InChI=1S/C19H20FNO3S/c1-3-24-19(23)16-13-9-8-11(2)10-15(13)25-18(16)21-17(22)12-6-4-5-7-14(12)20/h4-7,11H,3,8-10H2,1-2H3,(H,21,22)/t11-/m0/s1. The predicted octanol–water partition coefficient (Wildman–Crippen LogP) is 4.44. The van der Waals surface area contributed by atoms with E-state index in [1.807, 2.05) is 0 Å². The first kappa shape index (κ1) is 17.6. The van der Waals surface area contributed by atoms with Crippen LogP contribution in [0.25, 0.3) is 0 Å². The van der Waals surface area contributed by atoms with E-state index >= 15 is 0 Å². The average Bonchev–Trinajstić information content (AvgIpc) is 2.92. The van der Waals surface area contributed by atoms with Gasteiger partial charge in [0, 0.05) is 4.88 Å². The Morgan fingerprint density at radius 1 is 1.36 bits per heavy atom. The SMILES string of the molecule is CCOC(=O)c1c(NC(=O)c2ccccc2F)sc2c1CC[C@H](C)C2. The fourth-order valence-corrected chi connectivity index (χ4v) is 4.47. The fraction of sp³-hybridized carbons (Fsp3) is 0.368. The number of esters is 1. The minimum Gasteiger partial charge on any atom is -0.462 e. The van der Waals surface area contributed by atoms with E-state index in [0.29, 0.717) is 16.5 Å². The third kappa shape index (κ3) is 3.58. The zero-order chi connectivity index (χ0) is 18.0. The molecule has 4 nitrogen and oxygen atoms in total. The van der Waals surface area contributed by atoms with Crippen molar-refractivity contribution in [2.45, 2.75) is 33.1 Å². The van der Waals surface area contributed by atoms with Crippen molar-refractivity contribution in [3.05, 3.63) is 51.7 Å². The number of fused-ring (bicyclic) bond motifs is 1. The molecule has 6 heteroatoms. The first-order valence-corrected chi connectivity index (χ1v) is 9.20. The number of rotatable bonds is 4. The lowest BCUT2D eigenvalue weighted by atomic mass is 9.88. The van der Waals surface area contributed by atoms with Gasteiger partial charge in [-0.3, -0.25) is 4.79 Å². The summed E-state index contributed by atoms with van der Waals surface area (Å²) in [4.78, 5) is 26.0. The lowest BCUT2D eigenvalue weighted by Gasteiger charge is -2.18. The van der Waals surface area contributed by atoms with E-state index in [1.165, 1.54) is 29.5 Å². The molecule has 25 heavy (non-hydrogen) atoms. The zero-order valence-corrected chi connectivity index (χ0v) is 15.0. The van der Waals surface area contributed by atoms with Crippen LogP contribution in [0.4, 0.5) is 9.39 Å². The predicted molar refractivity (Wildman–Crippen MR) is 95.8 cm³/mol. The summed E-state index contributed by atoms with van der Waals surface area (Å²) in [6, 6.07) is 5.79. The van der Waals surface area contributed by atoms with E-state index in [-0.39, 0.29) is 12.2 Å². The Morgan fingerprint density at radius 2 is 2.12 bits per heavy atom. The largest absolute Gasteiger partial charge is 0.462 e. The van der Waals surface area contributed by atoms with Crippen molar-refractivity contribution in [1.82, 2.24) is 0 Å². The molecule has 1 aliphatic rings. The van der Waals surface area contributed by atoms with Crippen molar-refractivity contribution in [3.63, 3.8) is 0 Å². The van der Waals surface area contributed by atoms with Gasteiger partial charge in [0.2, 0.25) is 0 Å². The number of hydrogen-bond donors (Lipinski definition) is 1. The van der Waals surface area contributed by atoms with Crippen molar-refractivity contribution in [2.24, 2.45) is 5.92 Å². The molecule has 1 heterocycles.